The lowest BCUT2D eigenvalue weighted by Crippen LogP contribution is -2.32. The third kappa shape index (κ3) is 5.32. The van der Waals surface area contributed by atoms with E-state index in [0.29, 0.717) is 0 Å². The fourth-order valence-corrected chi connectivity index (χ4v) is 5.32. The van der Waals surface area contributed by atoms with E-state index >= 15 is 0 Å². The minimum absolute atomic E-state index is 0.253. The van der Waals surface area contributed by atoms with Crippen LogP contribution in [0.1, 0.15) is 62.8 Å². The third-order valence-corrected chi connectivity index (χ3v) is 7.24. The van der Waals surface area contributed by atoms with E-state index in [0.717, 1.165) is 63.0 Å². The topological polar surface area (TPSA) is 46.9 Å². The zero-order valence-corrected chi connectivity index (χ0v) is 20.0. The van der Waals surface area contributed by atoms with Crippen LogP contribution in [0, 0.1) is 5.92 Å². The molecule has 1 N–H and O–H groups in total. The molecular formula is C30H35N3O. The molecule has 0 atom stereocenters. The number of rotatable bonds is 9. The Balaban J connectivity index is 1.19. The molecule has 176 valence electrons. The van der Waals surface area contributed by atoms with E-state index in [9.17, 15) is 4.79 Å². The van der Waals surface area contributed by atoms with Crippen molar-refractivity contribution in [3.63, 3.8) is 0 Å². The first-order valence-electron chi connectivity index (χ1n) is 13.0. The van der Waals surface area contributed by atoms with E-state index in [1.807, 2.05) is 0 Å². The van der Waals surface area contributed by atoms with Gasteiger partial charge in [-0.05, 0) is 60.2 Å². The molecule has 3 aromatic carbocycles. The summed E-state index contributed by atoms with van der Waals surface area (Å²) in [5.41, 5.74) is 3.57. The summed E-state index contributed by atoms with van der Waals surface area (Å²) in [6.07, 6.45) is 10.0. The van der Waals surface area contributed by atoms with Crippen LogP contribution in [0.2, 0.25) is 0 Å². The van der Waals surface area contributed by atoms with E-state index in [1.165, 1.54) is 41.1 Å². The van der Waals surface area contributed by atoms with Crippen molar-refractivity contribution in [3.8, 4) is 0 Å². The molecule has 1 aromatic heterocycles. The summed E-state index contributed by atoms with van der Waals surface area (Å²) in [5.74, 6) is 1.68. The number of nitrogens with one attached hydrogen (secondary N) is 1. The molecule has 4 heteroatoms. The molecule has 5 rings (SSSR count). The Morgan fingerprint density at radius 1 is 0.882 bits per heavy atom. The van der Waals surface area contributed by atoms with Gasteiger partial charge in [0.15, 0.2) is 0 Å². The van der Waals surface area contributed by atoms with Crippen LogP contribution in [0.25, 0.3) is 21.8 Å². The zero-order valence-electron chi connectivity index (χ0n) is 20.0. The smallest absolute Gasteiger partial charge is 0.223 e. The fraction of sp³-hybridized carbons (Fsp3) is 0.400. The van der Waals surface area contributed by atoms with E-state index < -0.39 is 0 Å². The van der Waals surface area contributed by atoms with Crippen LogP contribution in [-0.4, -0.2) is 22.0 Å². The largest absolute Gasteiger partial charge is 0.356 e. The molecule has 0 unspecified atom stereocenters. The van der Waals surface area contributed by atoms with Gasteiger partial charge in [-0.25, -0.2) is 4.98 Å². The summed E-state index contributed by atoms with van der Waals surface area (Å²) >= 11 is 0. The van der Waals surface area contributed by atoms with E-state index in [4.69, 9.17) is 4.98 Å². The van der Waals surface area contributed by atoms with E-state index in [-0.39, 0.29) is 11.8 Å². The van der Waals surface area contributed by atoms with Crippen molar-refractivity contribution in [3.05, 3.63) is 78.1 Å². The van der Waals surface area contributed by atoms with Gasteiger partial charge < -0.3 is 9.88 Å². The van der Waals surface area contributed by atoms with Crippen molar-refractivity contribution in [2.75, 3.05) is 6.54 Å². The number of nitrogens with zero attached hydrogens (tertiary/aromatic N) is 2. The molecular weight excluding hydrogens is 418 g/mol. The van der Waals surface area contributed by atoms with Crippen LogP contribution in [0.5, 0.6) is 0 Å². The second-order valence-corrected chi connectivity index (χ2v) is 9.72. The Hall–Kier alpha value is -3.14. The number of carbonyl (C=O) groups excluding carboxylic acids is 1. The summed E-state index contributed by atoms with van der Waals surface area (Å²) in [4.78, 5) is 17.3. The van der Waals surface area contributed by atoms with Crippen LogP contribution >= 0.6 is 0 Å². The van der Waals surface area contributed by atoms with Gasteiger partial charge in [0.2, 0.25) is 5.91 Å². The lowest BCUT2D eigenvalue weighted by Gasteiger charge is -2.20. The molecule has 1 aliphatic carbocycles. The monoisotopic (exact) mass is 453 g/mol. The molecule has 1 saturated carbocycles. The lowest BCUT2D eigenvalue weighted by atomic mass is 9.89. The minimum atomic E-state index is 0.253. The minimum Gasteiger partial charge on any atom is -0.356 e. The Kier molecular flexibility index (Phi) is 7.23. The SMILES string of the molecule is O=C(NCCCCCc1nc2ccccc2n1Cc1ccc2ccccc2c1)C1CCCCC1. The van der Waals surface area contributed by atoms with Gasteiger partial charge in [0.1, 0.15) is 5.82 Å². The number of fused-ring (bicyclic) bond motifs is 2. The molecule has 1 amide bonds. The molecule has 4 aromatic rings. The lowest BCUT2D eigenvalue weighted by molar-refractivity contribution is -0.125. The van der Waals surface area contributed by atoms with Gasteiger partial charge in [0.25, 0.3) is 0 Å². The number of amides is 1. The first-order chi connectivity index (χ1) is 16.8. The molecule has 0 bridgehead atoms. The molecule has 0 aliphatic heterocycles. The number of aryl methyl sites for hydroxylation is 1. The highest BCUT2D eigenvalue weighted by Gasteiger charge is 2.20. The highest BCUT2D eigenvalue weighted by molar-refractivity contribution is 5.83. The maximum Gasteiger partial charge on any atom is 0.223 e. The van der Waals surface area contributed by atoms with Gasteiger partial charge >= 0.3 is 0 Å². The highest BCUT2D eigenvalue weighted by atomic mass is 16.1. The summed E-state index contributed by atoms with van der Waals surface area (Å²) in [6.45, 7) is 1.63. The summed E-state index contributed by atoms with van der Waals surface area (Å²) in [5, 5.41) is 5.73. The van der Waals surface area contributed by atoms with E-state index in [1.54, 1.807) is 0 Å². The predicted octanol–water partition coefficient (Wildman–Crippen LogP) is 6.65. The van der Waals surface area contributed by atoms with Crippen molar-refractivity contribution in [2.45, 2.75) is 64.3 Å². The van der Waals surface area contributed by atoms with Crippen molar-refractivity contribution >= 4 is 27.7 Å². The van der Waals surface area contributed by atoms with Gasteiger partial charge in [-0.3, -0.25) is 4.79 Å². The summed E-state index contributed by atoms with van der Waals surface area (Å²) < 4.78 is 2.38. The summed E-state index contributed by atoms with van der Waals surface area (Å²) in [6, 6.07) is 23.7. The molecule has 34 heavy (non-hydrogen) atoms. The maximum atomic E-state index is 12.3. The molecule has 0 saturated heterocycles. The Morgan fingerprint density at radius 2 is 1.68 bits per heavy atom. The van der Waals surface area contributed by atoms with Crippen LogP contribution in [-0.2, 0) is 17.8 Å². The fourth-order valence-electron chi connectivity index (χ4n) is 5.32. The Morgan fingerprint density at radius 3 is 2.56 bits per heavy atom. The number of benzene rings is 3. The van der Waals surface area contributed by atoms with E-state index in [2.05, 4.69) is 76.6 Å². The molecule has 0 spiro atoms. The highest BCUT2D eigenvalue weighted by Crippen LogP contribution is 2.24. The molecule has 1 aliphatic rings. The Bertz CT molecular complexity index is 1250. The van der Waals surface area contributed by atoms with Crippen molar-refractivity contribution in [1.82, 2.24) is 14.9 Å². The number of unbranched alkanes of at least 4 members (excludes halogenated alkanes) is 2. The number of carbonyl (C=O) groups is 1. The first kappa shape index (κ1) is 22.6. The van der Waals surface area contributed by atoms with Gasteiger partial charge in [0.05, 0.1) is 11.0 Å². The summed E-state index contributed by atoms with van der Waals surface area (Å²) in [7, 11) is 0. The van der Waals surface area contributed by atoms with Crippen LogP contribution in [0.15, 0.2) is 66.7 Å². The number of hydrogen-bond donors (Lipinski definition) is 1. The van der Waals surface area contributed by atoms with Gasteiger partial charge in [-0.2, -0.15) is 0 Å². The average molecular weight is 454 g/mol. The first-order valence-corrected chi connectivity index (χ1v) is 13.0. The number of aromatic nitrogens is 2. The Labute approximate surface area is 202 Å². The van der Waals surface area contributed by atoms with Crippen molar-refractivity contribution in [2.24, 2.45) is 5.92 Å². The number of imidazole rings is 1. The molecule has 1 heterocycles. The second kappa shape index (κ2) is 10.9. The number of hydrogen-bond acceptors (Lipinski definition) is 2. The number of para-hydroxylation sites is 2. The standard InChI is InChI=1S/C30H35N3O/c34-30(25-12-3-1-4-13-25)31-20-10-2-5-17-29-32-27-15-8-9-16-28(27)33(29)22-23-18-19-24-11-6-7-14-26(24)21-23/h6-9,11,14-16,18-19,21,25H,1-5,10,12-13,17,20,22H2,(H,31,34). The third-order valence-electron chi connectivity index (χ3n) is 7.24. The molecule has 1 fully saturated rings. The van der Waals surface area contributed by atoms with Gasteiger partial charge in [0, 0.05) is 25.4 Å². The van der Waals surface area contributed by atoms with Crippen LogP contribution < -0.4 is 5.32 Å². The predicted molar refractivity (Wildman–Crippen MR) is 140 cm³/mol. The normalized spacial score (nSPS) is 14.6. The molecule has 0 radical (unpaired) electrons. The quantitative estimate of drug-likeness (QED) is 0.289. The van der Waals surface area contributed by atoms with Crippen molar-refractivity contribution < 1.29 is 4.79 Å². The average Bonchev–Trinajstić information content (AvgIpc) is 3.23. The zero-order chi connectivity index (χ0) is 23.2. The second-order valence-electron chi connectivity index (χ2n) is 9.72. The van der Waals surface area contributed by atoms with Gasteiger partial charge in [-0.1, -0.05) is 74.2 Å². The van der Waals surface area contributed by atoms with Crippen molar-refractivity contribution in [1.29, 1.82) is 0 Å². The van der Waals surface area contributed by atoms with Gasteiger partial charge in [-0.15, -0.1) is 0 Å². The molecule has 4 nitrogen and oxygen atoms in total. The van der Waals surface area contributed by atoms with Crippen LogP contribution in [0.3, 0.4) is 0 Å². The maximum absolute atomic E-state index is 12.3. The van der Waals surface area contributed by atoms with Crippen LogP contribution in [0.4, 0.5) is 0 Å².